The van der Waals surface area contributed by atoms with Gasteiger partial charge in [-0.1, -0.05) is 37.3 Å². The van der Waals surface area contributed by atoms with Gasteiger partial charge in [-0.15, -0.1) is 11.3 Å². The third-order valence-electron chi connectivity index (χ3n) is 5.16. The quantitative estimate of drug-likeness (QED) is 0.695. The molecule has 1 saturated heterocycles. The Bertz CT molecular complexity index is 940. The minimum Gasteiger partial charge on any atom is -0.350 e. The summed E-state index contributed by atoms with van der Waals surface area (Å²) in [6, 6.07) is 12.4. The fourth-order valence-electron chi connectivity index (χ4n) is 3.68. The first-order valence-corrected chi connectivity index (χ1v) is 10.3. The minimum atomic E-state index is 0.198. The SMILES string of the molecule is CCc1cc2c(N3CCN(C(=O)Cc4ccccc4)C[C@H]3C)ncnc2s1. The molecule has 4 rings (SSSR count). The molecule has 1 amide bonds. The zero-order valence-electron chi connectivity index (χ0n) is 15.8. The molecule has 0 saturated carbocycles. The van der Waals surface area contributed by atoms with Crippen molar-refractivity contribution in [2.45, 2.75) is 32.7 Å². The van der Waals surface area contributed by atoms with Gasteiger partial charge in [0.25, 0.3) is 0 Å². The van der Waals surface area contributed by atoms with E-state index in [9.17, 15) is 4.79 Å². The van der Waals surface area contributed by atoms with E-state index in [0.717, 1.165) is 47.7 Å². The number of nitrogens with zero attached hydrogens (tertiary/aromatic N) is 4. The normalized spacial score (nSPS) is 17.5. The Labute approximate surface area is 163 Å². The molecule has 2 aromatic heterocycles. The zero-order valence-corrected chi connectivity index (χ0v) is 16.6. The molecule has 0 bridgehead atoms. The predicted octanol–water partition coefficient (Wildman–Crippen LogP) is 3.53. The Balaban J connectivity index is 1.49. The van der Waals surface area contributed by atoms with Gasteiger partial charge in [0.05, 0.1) is 11.8 Å². The second-order valence-electron chi connectivity index (χ2n) is 7.03. The lowest BCUT2D eigenvalue weighted by atomic mass is 10.1. The highest BCUT2D eigenvalue weighted by atomic mass is 32.1. The van der Waals surface area contributed by atoms with Gasteiger partial charge in [-0.3, -0.25) is 4.79 Å². The van der Waals surface area contributed by atoms with Crippen LogP contribution in [0.1, 0.15) is 24.3 Å². The van der Waals surface area contributed by atoms with Gasteiger partial charge in [-0.2, -0.15) is 0 Å². The zero-order chi connectivity index (χ0) is 18.8. The highest BCUT2D eigenvalue weighted by Gasteiger charge is 2.28. The number of aryl methyl sites for hydroxylation is 1. The molecule has 0 radical (unpaired) electrons. The summed E-state index contributed by atoms with van der Waals surface area (Å²) in [5.41, 5.74) is 1.07. The summed E-state index contributed by atoms with van der Waals surface area (Å²) in [7, 11) is 0. The summed E-state index contributed by atoms with van der Waals surface area (Å²) in [6.07, 6.45) is 3.14. The van der Waals surface area contributed by atoms with Crippen molar-refractivity contribution < 1.29 is 4.79 Å². The maximum Gasteiger partial charge on any atom is 0.227 e. The number of piperazine rings is 1. The van der Waals surface area contributed by atoms with Gasteiger partial charge >= 0.3 is 0 Å². The van der Waals surface area contributed by atoms with E-state index in [1.165, 1.54) is 4.88 Å². The van der Waals surface area contributed by atoms with Crippen LogP contribution in [0.15, 0.2) is 42.7 Å². The van der Waals surface area contributed by atoms with Crippen LogP contribution in [-0.2, 0) is 17.6 Å². The van der Waals surface area contributed by atoms with Gasteiger partial charge in [0, 0.05) is 30.6 Å². The largest absolute Gasteiger partial charge is 0.350 e. The first-order chi connectivity index (χ1) is 13.2. The highest BCUT2D eigenvalue weighted by molar-refractivity contribution is 7.18. The molecule has 0 unspecified atom stereocenters. The summed E-state index contributed by atoms with van der Waals surface area (Å²) in [6.45, 7) is 6.58. The maximum atomic E-state index is 12.7. The van der Waals surface area contributed by atoms with Gasteiger partial charge in [0.15, 0.2) is 0 Å². The number of fused-ring (bicyclic) bond motifs is 1. The molecule has 5 nitrogen and oxygen atoms in total. The molecule has 0 spiro atoms. The smallest absolute Gasteiger partial charge is 0.227 e. The molecule has 27 heavy (non-hydrogen) atoms. The number of anilines is 1. The van der Waals surface area contributed by atoms with Crippen molar-refractivity contribution in [1.29, 1.82) is 0 Å². The number of carbonyl (C=O) groups is 1. The minimum absolute atomic E-state index is 0.198. The number of hydrogen-bond acceptors (Lipinski definition) is 5. The molecule has 140 valence electrons. The molecule has 1 aliphatic heterocycles. The van der Waals surface area contributed by atoms with Crippen LogP contribution in [0.4, 0.5) is 5.82 Å². The number of aromatic nitrogens is 2. The van der Waals surface area contributed by atoms with Crippen LogP contribution < -0.4 is 4.90 Å². The van der Waals surface area contributed by atoms with Gasteiger partial charge in [-0.25, -0.2) is 9.97 Å². The van der Waals surface area contributed by atoms with Crippen LogP contribution in [-0.4, -0.2) is 46.5 Å². The van der Waals surface area contributed by atoms with Gasteiger partial charge in [0.1, 0.15) is 17.0 Å². The number of thiophene rings is 1. The molecule has 0 aliphatic carbocycles. The maximum absolute atomic E-state index is 12.7. The average molecular weight is 381 g/mol. The predicted molar refractivity (Wildman–Crippen MR) is 110 cm³/mol. The van der Waals surface area contributed by atoms with Crippen molar-refractivity contribution in [3.05, 3.63) is 53.2 Å². The van der Waals surface area contributed by atoms with E-state index in [-0.39, 0.29) is 11.9 Å². The van der Waals surface area contributed by atoms with Gasteiger partial charge in [-0.05, 0) is 25.0 Å². The van der Waals surface area contributed by atoms with E-state index in [2.05, 4.69) is 34.8 Å². The van der Waals surface area contributed by atoms with Crippen LogP contribution in [0.5, 0.6) is 0 Å². The first kappa shape index (κ1) is 17.9. The number of carbonyl (C=O) groups excluding carboxylic acids is 1. The lowest BCUT2D eigenvalue weighted by molar-refractivity contribution is -0.131. The molecule has 1 aliphatic rings. The van der Waals surface area contributed by atoms with Crippen LogP contribution in [0, 0.1) is 0 Å². The molecule has 6 heteroatoms. The molecule has 1 aromatic carbocycles. The van der Waals surface area contributed by atoms with Crippen molar-refractivity contribution in [3.8, 4) is 0 Å². The topological polar surface area (TPSA) is 49.3 Å². The standard InChI is InChI=1S/C21H24N4OS/c1-3-17-12-18-20(22-14-23-21(18)27-17)25-10-9-24(13-15(25)2)19(26)11-16-7-5-4-6-8-16/h4-8,12,14-15H,3,9-11,13H2,1-2H3/t15-/m1/s1. The van der Waals surface area contributed by atoms with E-state index < -0.39 is 0 Å². The third kappa shape index (κ3) is 3.67. The van der Waals surface area contributed by atoms with Crippen molar-refractivity contribution in [2.24, 2.45) is 0 Å². The number of hydrogen-bond donors (Lipinski definition) is 0. The van der Waals surface area contributed by atoms with Gasteiger partial charge in [0.2, 0.25) is 5.91 Å². The molecular formula is C21H24N4OS. The van der Waals surface area contributed by atoms with Crippen molar-refractivity contribution >= 4 is 33.3 Å². The van der Waals surface area contributed by atoms with Crippen LogP contribution in [0.3, 0.4) is 0 Å². The van der Waals surface area contributed by atoms with Crippen molar-refractivity contribution in [1.82, 2.24) is 14.9 Å². The summed E-state index contributed by atoms with van der Waals surface area (Å²) < 4.78 is 0. The Morgan fingerprint density at radius 3 is 2.78 bits per heavy atom. The number of rotatable bonds is 4. The fourth-order valence-corrected chi connectivity index (χ4v) is 4.61. The summed E-state index contributed by atoms with van der Waals surface area (Å²) in [5.74, 6) is 1.20. The second-order valence-corrected chi connectivity index (χ2v) is 8.14. The van der Waals surface area contributed by atoms with E-state index >= 15 is 0 Å². The molecule has 3 aromatic rings. The van der Waals surface area contributed by atoms with E-state index in [0.29, 0.717) is 6.42 Å². The summed E-state index contributed by atoms with van der Waals surface area (Å²) >= 11 is 1.74. The van der Waals surface area contributed by atoms with E-state index in [4.69, 9.17) is 0 Å². The van der Waals surface area contributed by atoms with E-state index in [1.54, 1.807) is 17.7 Å². The lowest BCUT2D eigenvalue weighted by Crippen LogP contribution is -2.54. The number of amides is 1. The Hall–Kier alpha value is -2.47. The van der Waals surface area contributed by atoms with E-state index in [1.807, 2.05) is 35.2 Å². The van der Waals surface area contributed by atoms with Crippen LogP contribution in [0.2, 0.25) is 0 Å². The Morgan fingerprint density at radius 2 is 2.04 bits per heavy atom. The van der Waals surface area contributed by atoms with Crippen molar-refractivity contribution in [2.75, 3.05) is 24.5 Å². The summed E-state index contributed by atoms with van der Waals surface area (Å²) in [5, 5.41) is 1.13. The van der Waals surface area contributed by atoms with Crippen LogP contribution >= 0.6 is 11.3 Å². The summed E-state index contributed by atoms with van der Waals surface area (Å²) in [4.78, 5) is 28.4. The number of benzene rings is 1. The first-order valence-electron chi connectivity index (χ1n) is 9.47. The Kier molecular flexibility index (Phi) is 5.07. The third-order valence-corrected chi connectivity index (χ3v) is 6.35. The fraction of sp³-hybridized carbons (Fsp3) is 0.381. The molecule has 3 heterocycles. The Morgan fingerprint density at radius 1 is 1.22 bits per heavy atom. The lowest BCUT2D eigenvalue weighted by Gasteiger charge is -2.40. The van der Waals surface area contributed by atoms with Crippen LogP contribution in [0.25, 0.3) is 10.2 Å². The molecule has 1 atom stereocenters. The molecular weight excluding hydrogens is 356 g/mol. The average Bonchev–Trinajstić information content (AvgIpc) is 3.12. The van der Waals surface area contributed by atoms with Crippen molar-refractivity contribution in [3.63, 3.8) is 0 Å². The monoisotopic (exact) mass is 380 g/mol. The molecule has 1 fully saturated rings. The van der Waals surface area contributed by atoms with Gasteiger partial charge < -0.3 is 9.80 Å². The second kappa shape index (κ2) is 7.64. The highest BCUT2D eigenvalue weighted by Crippen LogP contribution is 2.32. The molecule has 0 N–H and O–H groups in total.